The quantitative estimate of drug-likeness (QED) is 0.750. The minimum Gasteiger partial charge on any atom is -0.548 e. The van der Waals surface area contributed by atoms with Crippen molar-refractivity contribution >= 4 is 40.1 Å². The summed E-state index contributed by atoms with van der Waals surface area (Å²) in [5.74, 6) is -1.31. The number of aromatic nitrogens is 1. The van der Waals surface area contributed by atoms with Gasteiger partial charge in [-0.1, -0.05) is 36.4 Å². The fourth-order valence-electron chi connectivity index (χ4n) is 3.10. The third-order valence-electron chi connectivity index (χ3n) is 4.13. The highest BCUT2D eigenvalue weighted by molar-refractivity contribution is 6.35. The summed E-state index contributed by atoms with van der Waals surface area (Å²) in [5.41, 5.74) is 3.79. The molecule has 0 bridgehead atoms. The Morgan fingerprint density at radius 1 is 1.12 bits per heavy atom. The Morgan fingerprint density at radius 2 is 1.88 bits per heavy atom. The first kappa shape index (κ1) is 14.3. The Bertz CT molecular complexity index is 1010. The molecular weight excluding hydrogens is 304 g/mol. The summed E-state index contributed by atoms with van der Waals surface area (Å²) >= 11 is 0. The first-order valence-electron chi connectivity index (χ1n) is 7.53. The van der Waals surface area contributed by atoms with E-state index >= 15 is 0 Å². The summed E-state index contributed by atoms with van der Waals surface area (Å²) in [6.45, 7) is -0.230. The normalized spacial score (nSPS) is 14.8. The van der Waals surface area contributed by atoms with Gasteiger partial charge < -0.3 is 19.8 Å². The first-order chi connectivity index (χ1) is 11.6. The van der Waals surface area contributed by atoms with Crippen LogP contribution in [0.3, 0.4) is 0 Å². The molecule has 5 nitrogen and oxygen atoms in total. The number of fused-ring (bicyclic) bond motifs is 2. The first-order valence-corrected chi connectivity index (χ1v) is 7.53. The predicted molar refractivity (Wildman–Crippen MR) is 89.9 cm³/mol. The largest absolute Gasteiger partial charge is 0.548 e. The maximum atomic E-state index is 12.3. The lowest BCUT2D eigenvalue weighted by Gasteiger charge is -2.04. The Hall–Kier alpha value is -3.34. The van der Waals surface area contributed by atoms with Gasteiger partial charge in [0.15, 0.2) is 0 Å². The number of rotatable bonds is 3. The summed E-state index contributed by atoms with van der Waals surface area (Å²) in [7, 11) is 0. The molecule has 0 atom stereocenters. The molecule has 5 heteroatoms. The van der Waals surface area contributed by atoms with Gasteiger partial charge in [-0.25, -0.2) is 0 Å². The number of nitrogens with one attached hydrogen (secondary N) is 1. The zero-order chi connectivity index (χ0) is 16.7. The van der Waals surface area contributed by atoms with Crippen LogP contribution in [-0.4, -0.2) is 16.4 Å². The molecule has 2 heterocycles. The summed E-state index contributed by atoms with van der Waals surface area (Å²) in [6, 6.07) is 15.0. The molecule has 0 saturated carbocycles. The van der Waals surface area contributed by atoms with Gasteiger partial charge in [-0.3, -0.25) is 4.79 Å². The van der Waals surface area contributed by atoms with E-state index in [9.17, 15) is 14.7 Å². The van der Waals surface area contributed by atoms with E-state index in [4.69, 9.17) is 0 Å². The van der Waals surface area contributed by atoms with Crippen LogP contribution in [0, 0.1) is 0 Å². The second-order valence-electron chi connectivity index (χ2n) is 5.66. The molecule has 3 aromatic rings. The van der Waals surface area contributed by atoms with Gasteiger partial charge >= 0.3 is 0 Å². The van der Waals surface area contributed by atoms with Crippen molar-refractivity contribution in [3.63, 3.8) is 0 Å². The number of anilines is 1. The molecular formula is C19H13N2O3-. The van der Waals surface area contributed by atoms with Crippen LogP contribution in [0.2, 0.25) is 0 Å². The second-order valence-corrected chi connectivity index (χ2v) is 5.66. The van der Waals surface area contributed by atoms with Crippen LogP contribution < -0.4 is 10.4 Å². The van der Waals surface area contributed by atoms with Crippen molar-refractivity contribution in [1.82, 2.24) is 4.57 Å². The van der Waals surface area contributed by atoms with E-state index in [0.717, 1.165) is 27.7 Å². The average molecular weight is 317 g/mol. The van der Waals surface area contributed by atoms with Gasteiger partial charge in [-0.15, -0.1) is 0 Å². The highest BCUT2D eigenvalue weighted by Crippen LogP contribution is 2.34. The van der Waals surface area contributed by atoms with Crippen molar-refractivity contribution in [1.29, 1.82) is 0 Å². The summed E-state index contributed by atoms with van der Waals surface area (Å²) < 4.78 is 1.62. The number of amides is 1. The van der Waals surface area contributed by atoms with E-state index < -0.39 is 5.97 Å². The molecule has 0 aliphatic carbocycles. The van der Waals surface area contributed by atoms with Crippen LogP contribution >= 0.6 is 0 Å². The predicted octanol–water partition coefficient (Wildman–Crippen LogP) is 1.88. The van der Waals surface area contributed by atoms with Crippen molar-refractivity contribution in [2.75, 3.05) is 5.32 Å². The lowest BCUT2D eigenvalue weighted by atomic mass is 10.0. The number of carbonyl (C=O) groups is 2. The highest BCUT2D eigenvalue weighted by Gasteiger charge is 2.23. The minimum absolute atomic E-state index is 0.159. The highest BCUT2D eigenvalue weighted by atomic mass is 16.4. The van der Waals surface area contributed by atoms with Gasteiger partial charge in [0, 0.05) is 39.5 Å². The van der Waals surface area contributed by atoms with Crippen LogP contribution in [0.1, 0.15) is 11.1 Å². The maximum absolute atomic E-state index is 12.3. The van der Waals surface area contributed by atoms with Crippen LogP contribution in [0.25, 0.3) is 22.6 Å². The zero-order valence-corrected chi connectivity index (χ0v) is 12.7. The molecule has 24 heavy (non-hydrogen) atoms. The fraction of sp³-hybridized carbons (Fsp3) is 0.0526. The van der Waals surface area contributed by atoms with Crippen LogP contribution in [0.5, 0.6) is 0 Å². The Kier molecular flexibility index (Phi) is 3.20. The zero-order valence-electron chi connectivity index (χ0n) is 12.7. The van der Waals surface area contributed by atoms with Gasteiger partial charge in [0.05, 0.1) is 12.5 Å². The van der Waals surface area contributed by atoms with Crippen molar-refractivity contribution in [3.8, 4) is 0 Å². The molecule has 0 spiro atoms. The molecule has 4 rings (SSSR count). The number of nitrogens with zero attached hydrogens (tertiary/aromatic N) is 1. The van der Waals surface area contributed by atoms with E-state index in [0.29, 0.717) is 5.57 Å². The van der Waals surface area contributed by atoms with E-state index in [1.54, 1.807) is 16.8 Å². The Balaban J connectivity index is 1.89. The summed E-state index contributed by atoms with van der Waals surface area (Å²) in [6.07, 6.45) is 3.54. The van der Waals surface area contributed by atoms with Crippen LogP contribution in [-0.2, 0) is 16.1 Å². The van der Waals surface area contributed by atoms with E-state index in [1.165, 1.54) is 0 Å². The molecule has 118 valence electrons. The number of hydrogen-bond acceptors (Lipinski definition) is 3. The van der Waals surface area contributed by atoms with Gasteiger partial charge in [0.2, 0.25) is 0 Å². The Labute approximate surface area is 137 Å². The Morgan fingerprint density at radius 3 is 2.71 bits per heavy atom. The maximum Gasteiger partial charge on any atom is 0.256 e. The van der Waals surface area contributed by atoms with E-state index in [1.807, 2.05) is 48.5 Å². The molecule has 0 unspecified atom stereocenters. The molecule has 2 aromatic carbocycles. The molecule has 0 fully saturated rings. The van der Waals surface area contributed by atoms with Crippen LogP contribution in [0.4, 0.5) is 5.69 Å². The van der Waals surface area contributed by atoms with E-state index in [2.05, 4.69) is 5.32 Å². The number of para-hydroxylation sites is 2. The van der Waals surface area contributed by atoms with E-state index in [-0.39, 0.29) is 12.5 Å². The standard InChI is InChI=1S/C19H14N2O3/c22-18(23)11-21-10-12(13-5-2-4-8-17(13)21)9-15-14-6-1-3-7-16(14)20-19(15)24/h1-10H,11H2,(H,20,24)(H,22,23)/p-1. The molecule has 1 amide bonds. The fourth-order valence-corrected chi connectivity index (χ4v) is 3.10. The third-order valence-corrected chi connectivity index (χ3v) is 4.13. The monoisotopic (exact) mass is 317 g/mol. The molecule has 1 N–H and O–H groups in total. The number of carboxylic acid groups (broad SMARTS) is 1. The molecule has 1 aromatic heterocycles. The lowest BCUT2D eigenvalue weighted by Crippen LogP contribution is -2.27. The number of aliphatic carboxylic acids is 1. The van der Waals surface area contributed by atoms with Crippen molar-refractivity contribution in [3.05, 3.63) is 65.9 Å². The number of carbonyl (C=O) groups excluding carboxylic acids is 2. The van der Waals surface area contributed by atoms with Crippen molar-refractivity contribution < 1.29 is 14.7 Å². The molecule has 0 saturated heterocycles. The third kappa shape index (κ3) is 2.27. The molecule has 1 aliphatic rings. The van der Waals surface area contributed by atoms with Gasteiger partial charge in [-0.2, -0.15) is 0 Å². The topological polar surface area (TPSA) is 74.2 Å². The SMILES string of the molecule is O=C([O-])Cn1cc(C=C2C(=O)Nc3ccccc32)c2ccccc21. The van der Waals surface area contributed by atoms with Crippen LogP contribution in [0.15, 0.2) is 54.7 Å². The number of carboxylic acids is 1. The van der Waals surface area contributed by atoms with Crippen molar-refractivity contribution in [2.45, 2.75) is 6.54 Å². The minimum atomic E-state index is -1.15. The second kappa shape index (κ2) is 5.38. The average Bonchev–Trinajstić information content (AvgIpc) is 3.06. The summed E-state index contributed by atoms with van der Waals surface area (Å²) in [5, 5.41) is 14.7. The van der Waals surface area contributed by atoms with Gasteiger partial charge in [-0.05, 0) is 18.2 Å². The molecule has 0 radical (unpaired) electrons. The smallest absolute Gasteiger partial charge is 0.256 e. The van der Waals surface area contributed by atoms with Gasteiger partial charge in [0.25, 0.3) is 5.91 Å². The number of hydrogen-bond donors (Lipinski definition) is 1. The van der Waals surface area contributed by atoms with Crippen molar-refractivity contribution in [2.24, 2.45) is 0 Å². The molecule has 1 aliphatic heterocycles. The summed E-state index contributed by atoms with van der Waals surface area (Å²) in [4.78, 5) is 23.2. The lowest BCUT2D eigenvalue weighted by molar-refractivity contribution is -0.306. The van der Waals surface area contributed by atoms with Gasteiger partial charge in [0.1, 0.15) is 0 Å². The number of benzene rings is 2.